The van der Waals surface area contributed by atoms with Crippen LogP contribution in [0.15, 0.2) is 53.1 Å². The summed E-state index contributed by atoms with van der Waals surface area (Å²) in [5.41, 5.74) is 6.75. The van der Waals surface area contributed by atoms with E-state index in [1.807, 2.05) is 13.0 Å². The number of rotatable bonds is 7. The monoisotopic (exact) mass is 823 g/mol. The summed E-state index contributed by atoms with van der Waals surface area (Å²) in [6.45, 7) is 10.4. The molecule has 2 saturated heterocycles. The largest absolute Gasteiger partial charge is 0.495 e. The van der Waals surface area contributed by atoms with Crippen molar-refractivity contribution in [3.05, 3.63) is 69.8 Å². The van der Waals surface area contributed by atoms with Gasteiger partial charge >= 0.3 is 12.1 Å². The van der Waals surface area contributed by atoms with E-state index in [0.717, 1.165) is 11.1 Å². The van der Waals surface area contributed by atoms with Crippen LogP contribution in [0.4, 0.5) is 21.9 Å². The van der Waals surface area contributed by atoms with Gasteiger partial charge in [0.25, 0.3) is 5.91 Å². The number of likely N-dealkylation sites (N-methyl/N-ethyl adjacent to an activating group) is 1. The smallest absolute Gasteiger partial charge is 0.409 e. The van der Waals surface area contributed by atoms with Gasteiger partial charge in [0.2, 0.25) is 5.91 Å². The van der Waals surface area contributed by atoms with Crippen LogP contribution in [0.2, 0.25) is 5.02 Å². The lowest BCUT2D eigenvalue weighted by molar-refractivity contribution is -0.158. The van der Waals surface area contributed by atoms with Gasteiger partial charge in [0.15, 0.2) is 5.72 Å². The van der Waals surface area contributed by atoms with E-state index in [-0.39, 0.29) is 23.4 Å². The Morgan fingerprint density at radius 3 is 2.59 bits per heavy atom. The molecule has 3 amide bonds. The number of fused-ring (bicyclic) bond motifs is 5. The minimum atomic E-state index is -1.85. The van der Waals surface area contributed by atoms with E-state index in [9.17, 15) is 24.3 Å². The van der Waals surface area contributed by atoms with Gasteiger partial charge in [-0.2, -0.15) is 0 Å². The zero-order valence-electron chi connectivity index (χ0n) is 34.6. The molecular formula is C42H54ClN5O10. The number of aliphatic hydroxyl groups is 1. The van der Waals surface area contributed by atoms with Crippen LogP contribution in [0.3, 0.4) is 0 Å². The van der Waals surface area contributed by atoms with Crippen molar-refractivity contribution in [1.82, 2.24) is 10.2 Å². The second-order valence-electron chi connectivity index (χ2n) is 15.4. The molecule has 4 N–H and O–H groups in total. The third kappa shape index (κ3) is 8.87. The number of nitrogen functional groups attached to an aromatic ring is 1. The molecule has 2 aromatic rings. The minimum absolute atomic E-state index is 0.0732. The molecule has 5 rings (SSSR count). The highest BCUT2D eigenvalue weighted by atomic mass is 35.5. The average molecular weight is 824 g/mol. The van der Waals surface area contributed by atoms with Crippen molar-refractivity contribution in [2.45, 2.75) is 103 Å². The van der Waals surface area contributed by atoms with Gasteiger partial charge in [0, 0.05) is 45.4 Å². The van der Waals surface area contributed by atoms with Crippen molar-refractivity contribution in [2.24, 2.45) is 10.9 Å². The highest BCUT2D eigenvalue weighted by molar-refractivity contribution is 6.35. The molecule has 0 unspecified atom stereocenters. The quantitative estimate of drug-likeness (QED) is 0.139. The summed E-state index contributed by atoms with van der Waals surface area (Å²) in [5.74, 6) is -1.97. The van der Waals surface area contributed by atoms with E-state index < -0.39 is 71.6 Å². The molecule has 2 fully saturated rings. The first-order valence-electron chi connectivity index (χ1n) is 19.0. The van der Waals surface area contributed by atoms with Crippen molar-refractivity contribution in [1.29, 1.82) is 0 Å². The number of amides is 3. The Labute approximate surface area is 344 Å². The molecule has 4 bridgehead atoms. The molecule has 0 spiro atoms. The number of nitrogens with zero attached hydrogens (tertiary/aromatic N) is 3. The standard InChI is InChI=1S/C42H54ClN5O10/c1-11-45-36-23(3)28(44)16-15-27(36)38(50)47(7)25(5)39(51)57-33-20-34(49)48(8)29-18-26(19-30(54-9)35(29)43)17-22(2)13-12-14-32(55-10)42(53)21-31(56-40(52)46-42)24(4)37-41(33,6)58-37/h11-16,18-19,24-25,31-33,37,53H,17,20-21,44H2,1-10H3,(H,46,52)/b14-12+,22-13+,45-11?/t24-,25+,31+,32-,33+,37+,41+,42+/m1/s1. The van der Waals surface area contributed by atoms with E-state index in [2.05, 4.69) is 10.3 Å². The van der Waals surface area contributed by atoms with E-state index >= 15 is 0 Å². The molecule has 58 heavy (non-hydrogen) atoms. The highest BCUT2D eigenvalue weighted by Crippen LogP contribution is 2.49. The fraction of sp³-hybridized carbons (Fsp3) is 0.500. The number of carbonyl (C=O) groups is 4. The summed E-state index contributed by atoms with van der Waals surface area (Å²) in [6.07, 6.45) is 2.21. The van der Waals surface area contributed by atoms with Crippen LogP contribution in [0.5, 0.6) is 5.75 Å². The third-order valence-corrected chi connectivity index (χ3v) is 11.8. The summed E-state index contributed by atoms with van der Waals surface area (Å²) in [5, 5.41) is 14.5. The first-order valence-corrected chi connectivity index (χ1v) is 19.4. The minimum Gasteiger partial charge on any atom is -0.495 e. The Hall–Kier alpha value is -4.96. The number of ether oxygens (including phenoxy) is 5. The van der Waals surface area contributed by atoms with Crippen LogP contribution in [-0.2, 0) is 35.0 Å². The van der Waals surface area contributed by atoms with E-state index in [0.29, 0.717) is 34.8 Å². The predicted octanol–water partition coefficient (Wildman–Crippen LogP) is 5.44. The summed E-state index contributed by atoms with van der Waals surface area (Å²) < 4.78 is 29.4. The Morgan fingerprint density at radius 1 is 1.22 bits per heavy atom. The number of nitrogens with two attached hydrogens (primary N) is 1. The average Bonchev–Trinajstić information content (AvgIpc) is 3.88. The number of nitrogens with one attached hydrogen (secondary N) is 1. The molecular weight excluding hydrogens is 770 g/mol. The second kappa shape index (κ2) is 17.5. The maximum atomic E-state index is 14.3. The predicted molar refractivity (Wildman–Crippen MR) is 220 cm³/mol. The lowest BCUT2D eigenvalue weighted by Gasteiger charge is -2.42. The molecule has 0 aromatic heterocycles. The normalized spacial score (nSPS) is 29.6. The molecule has 0 aliphatic carbocycles. The van der Waals surface area contributed by atoms with Crippen LogP contribution in [-0.4, -0.2) is 110 Å². The molecule has 3 aliphatic rings. The molecule has 314 valence electrons. The SMILES string of the molecule is CC=Nc1c(C(=O)N(C)[C@@H](C)C(=O)O[C@H]2CC(=O)N(C)c3cc(cc(OC)c3Cl)C/C(C)=C/C=C/[C@@H](OC)[C@@]3(O)C[C@H](OC(=O)N3)[C@@H](C)[C@@H]3O[C@@]23C)ccc(N)c1C. The van der Waals surface area contributed by atoms with E-state index in [1.54, 1.807) is 77.4 Å². The van der Waals surface area contributed by atoms with Crippen molar-refractivity contribution in [3.63, 3.8) is 0 Å². The van der Waals surface area contributed by atoms with Gasteiger partial charge < -0.3 is 44.3 Å². The fourth-order valence-corrected chi connectivity index (χ4v) is 7.86. The van der Waals surface area contributed by atoms with Gasteiger partial charge in [-0.25, -0.2) is 9.59 Å². The maximum Gasteiger partial charge on any atom is 0.409 e. The number of halogens is 1. The van der Waals surface area contributed by atoms with Crippen molar-refractivity contribution < 1.29 is 48.0 Å². The lowest BCUT2D eigenvalue weighted by atomic mass is 9.83. The fourth-order valence-electron chi connectivity index (χ4n) is 7.55. The molecule has 3 aliphatic heterocycles. The number of methoxy groups -OCH3 is 2. The van der Waals surface area contributed by atoms with Crippen molar-refractivity contribution in [3.8, 4) is 5.75 Å². The van der Waals surface area contributed by atoms with Crippen molar-refractivity contribution >= 4 is 58.8 Å². The van der Waals surface area contributed by atoms with Crippen LogP contribution in [0.1, 0.15) is 68.9 Å². The first-order chi connectivity index (χ1) is 27.3. The molecule has 15 nitrogen and oxygen atoms in total. The molecule has 8 atom stereocenters. The highest BCUT2D eigenvalue weighted by Gasteiger charge is 2.64. The number of hydrogen-bond donors (Lipinski definition) is 3. The zero-order valence-corrected chi connectivity index (χ0v) is 35.4. The van der Waals surface area contributed by atoms with Crippen LogP contribution in [0, 0.1) is 12.8 Å². The summed E-state index contributed by atoms with van der Waals surface area (Å²) >= 11 is 6.79. The Morgan fingerprint density at radius 2 is 1.93 bits per heavy atom. The number of anilines is 2. The van der Waals surface area contributed by atoms with Crippen molar-refractivity contribution in [2.75, 3.05) is 38.9 Å². The number of epoxide rings is 1. The van der Waals surface area contributed by atoms with Gasteiger partial charge in [-0.1, -0.05) is 42.3 Å². The first kappa shape index (κ1) is 44.1. The van der Waals surface area contributed by atoms with Gasteiger partial charge in [0.1, 0.15) is 40.7 Å². The number of alkyl carbamates (subject to hydrolysis) is 1. The Kier molecular flexibility index (Phi) is 13.3. The molecule has 0 radical (unpaired) electrons. The number of benzene rings is 2. The number of esters is 1. The second-order valence-corrected chi connectivity index (χ2v) is 15.8. The Balaban J connectivity index is 1.53. The molecule has 0 saturated carbocycles. The van der Waals surface area contributed by atoms with Gasteiger partial charge in [-0.15, -0.1) is 0 Å². The van der Waals surface area contributed by atoms with Crippen LogP contribution < -0.4 is 20.7 Å². The lowest BCUT2D eigenvalue weighted by Crippen LogP contribution is -2.63. The van der Waals surface area contributed by atoms with Gasteiger partial charge in [-0.05, 0) is 76.4 Å². The number of allylic oxidation sites excluding steroid dienone is 3. The number of carbonyl (C=O) groups excluding carboxylic acids is 4. The third-order valence-electron chi connectivity index (χ3n) is 11.4. The topological polar surface area (TPSA) is 195 Å². The van der Waals surface area contributed by atoms with E-state index in [4.69, 9.17) is 41.0 Å². The molecule has 2 aromatic carbocycles. The van der Waals surface area contributed by atoms with Crippen LogP contribution >= 0.6 is 11.6 Å². The molecule has 3 heterocycles. The summed E-state index contributed by atoms with van der Waals surface area (Å²) in [4.78, 5) is 62.1. The summed E-state index contributed by atoms with van der Waals surface area (Å²) in [7, 11) is 5.94. The zero-order chi connectivity index (χ0) is 42.9. The van der Waals surface area contributed by atoms with Crippen LogP contribution in [0.25, 0.3) is 0 Å². The van der Waals surface area contributed by atoms with Gasteiger partial charge in [-0.3, -0.25) is 19.9 Å². The van der Waals surface area contributed by atoms with Gasteiger partial charge in [0.05, 0.1) is 36.6 Å². The van der Waals surface area contributed by atoms with E-state index in [1.165, 1.54) is 38.0 Å². The molecule has 16 heteroatoms. The Bertz CT molecular complexity index is 2040. The summed E-state index contributed by atoms with van der Waals surface area (Å²) in [6, 6.07) is 5.60. The number of aliphatic imine (C=N–C) groups is 1. The number of hydrogen-bond acceptors (Lipinski definition) is 12. The maximum absolute atomic E-state index is 14.3.